The van der Waals surface area contributed by atoms with Crippen LogP contribution in [0.1, 0.15) is 22.8 Å². The fourth-order valence-electron chi connectivity index (χ4n) is 1.71. The summed E-state index contributed by atoms with van der Waals surface area (Å²) in [6.07, 6.45) is 1.37. The molecule has 1 aromatic heterocycles. The number of esters is 1. The maximum Gasteiger partial charge on any atom is 0.308 e. The van der Waals surface area contributed by atoms with Crippen LogP contribution in [0.3, 0.4) is 0 Å². The molecule has 0 spiro atoms. The van der Waals surface area contributed by atoms with Gasteiger partial charge >= 0.3 is 5.97 Å². The van der Waals surface area contributed by atoms with Crippen molar-refractivity contribution < 1.29 is 14.3 Å². The van der Waals surface area contributed by atoms with E-state index in [1.165, 1.54) is 23.9 Å². The number of nitriles is 1. The number of ether oxygens (including phenoxy) is 1. The zero-order valence-electron chi connectivity index (χ0n) is 11.5. The molecular formula is C14H12N4O3. The van der Waals surface area contributed by atoms with E-state index in [0.29, 0.717) is 11.4 Å². The summed E-state index contributed by atoms with van der Waals surface area (Å²) in [6.45, 7) is 1.28. The van der Waals surface area contributed by atoms with Gasteiger partial charge in [0.1, 0.15) is 23.2 Å². The summed E-state index contributed by atoms with van der Waals surface area (Å²) >= 11 is 0. The molecule has 21 heavy (non-hydrogen) atoms. The Morgan fingerprint density at radius 3 is 2.86 bits per heavy atom. The van der Waals surface area contributed by atoms with E-state index in [1.54, 1.807) is 25.2 Å². The Hall–Kier alpha value is -3.14. The summed E-state index contributed by atoms with van der Waals surface area (Å²) in [7, 11) is 1.62. The third kappa shape index (κ3) is 3.25. The van der Waals surface area contributed by atoms with E-state index in [2.05, 4.69) is 10.4 Å². The van der Waals surface area contributed by atoms with Gasteiger partial charge in [0.25, 0.3) is 5.91 Å². The first kappa shape index (κ1) is 14.3. The molecule has 0 bridgehead atoms. The first-order valence-corrected chi connectivity index (χ1v) is 6.03. The van der Waals surface area contributed by atoms with Crippen molar-refractivity contribution in [1.82, 2.24) is 9.78 Å². The Balaban J connectivity index is 2.23. The Labute approximate surface area is 120 Å². The molecule has 7 nitrogen and oxygen atoms in total. The largest absolute Gasteiger partial charge is 0.427 e. The lowest BCUT2D eigenvalue weighted by Gasteiger charge is -2.07. The number of amides is 1. The lowest BCUT2D eigenvalue weighted by molar-refractivity contribution is -0.131. The predicted molar refractivity (Wildman–Crippen MR) is 73.6 cm³/mol. The highest BCUT2D eigenvalue weighted by molar-refractivity contribution is 6.04. The molecule has 7 heteroatoms. The number of nitrogens with zero attached hydrogens (tertiary/aromatic N) is 3. The van der Waals surface area contributed by atoms with E-state index >= 15 is 0 Å². The van der Waals surface area contributed by atoms with Crippen molar-refractivity contribution in [3.63, 3.8) is 0 Å². The number of benzene rings is 1. The monoisotopic (exact) mass is 284 g/mol. The van der Waals surface area contributed by atoms with Crippen LogP contribution in [0.25, 0.3) is 0 Å². The van der Waals surface area contributed by atoms with Crippen molar-refractivity contribution >= 4 is 17.7 Å². The maximum absolute atomic E-state index is 12.2. The number of carbonyl (C=O) groups excluding carboxylic acids is 2. The Bertz CT molecular complexity index is 743. The van der Waals surface area contributed by atoms with Gasteiger partial charge in [-0.2, -0.15) is 10.4 Å². The summed E-state index contributed by atoms with van der Waals surface area (Å²) in [4.78, 5) is 23.1. The van der Waals surface area contributed by atoms with Gasteiger partial charge in [-0.25, -0.2) is 0 Å². The molecule has 0 aliphatic carbocycles. The molecule has 0 atom stereocenters. The van der Waals surface area contributed by atoms with Crippen LogP contribution < -0.4 is 10.1 Å². The van der Waals surface area contributed by atoms with E-state index in [9.17, 15) is 9.59 Å². The van der Waals surface area contributed by atoms with Gasteiger partial charge in [-0.05, 0) is 18.2 Å². The number of anilines is 1. The first-order valence-electron chi connectivity index (χ1n) is 6.03. The summed E-state index contributed by atoms with van der Waals surface area (Å²) in [5, 5.41) is 15.5. The second-order valence-electron chi connectivity index (χ2n) is 4.22. The molecular weight excluding hydrogens is 272 g/mol. The van der Waals surface area contributed by atoms with E-state index in [0.717, 1.165) is 0 Å². The van der Waals surface area contributed by atoms with Crippen LogP contribution in [0, 0.1) is 11.3 Å². The van der Waals surface area contributed by atoms with Crippen molar-refractivity contribution in [2.24, 2.45) is 7.05 Å². The minimum Gasteiger partial charge on any atom is -0.427 e. The number of aromatic nitrogens is 2. The van der Waals surface area contributed by atoms with Gasteiger partial charge in [0.2, 0.25) is 0 Å². The van der Waals surface area contributed by atoms with Crippen molar-refractivity contribution in [3.8, 4) is 11.8 Å². The zero-order valence-corrected chi connectivity index (χ0v) is 11.5. The fourth-order valence-corrected chi connectivity index (χ4v) is 1.71. The molecule has 0 saturated heterocycles. The van der Waals surface area contributed by atoms with Crippen molar-refractivity contribution in [2.75, 3.05) is 5.32 Å². The van der Waals surface area contributed by atoms with Gasteiger partial charge in [0.05, 0.1) is 6.20 Å². The molecule has 0 aliphatic rings. The number of hydrogen-bond donors (Lipinski definition) is 1. The minimum absolute atomic E-state index is 0.266. The van der Waals surface area contributed by atoms with Crippen LogP contribution in [0.15, 0.2) is 30.5 Å². The number of carbonyl (C=O) groups is 2. The maximum atomic E-state index is 12.2. The van der Waals surface area contributed by atoms with Gasteiger partial charge in [-0.3, -0.25) is 14.3 Å². The Morgan fingerprint density at radius 1 is 1.43 bits per heavy atom. The van der Waals surface area contributed by atoms with Gasteiger partial charge < -0.3 is 10.1 Å². The van der Waals surface area contributed by atoms with Gasteiger partial charge in [-0.1, -0.05) is 6.07 Å². The van der Waals surface area contributed by atoms with E-state index in [4.69, 9.17) is 10.00 Å². The second-order valence-corrected chi connectivity index (χ2v) is 4.22. The number of rotatable bonds is 3. The second kappa shape index (κ2) is 5.88. The highest BCUT2D eigenvalue weighted by Gasteiger charge is 2.14. The topological polar surface area (TPSA) is 97.0 Å². The van der Waals surface area contributed by atoms with Crippen molar-refractivity contribution in [2.45, 2.75) is 6.92 Å². The molecule has 1 heterocycles. The normalized spacial score (nSPS) is 9.76. The number of aryl methyl sites for hydroxylation is 1. The molecule has 0 radical (unpaired) electrons. The third-order valence-corrected chi connectivity index (χ3v) is 2.65. The molecule has 106 valence electrons. The third-order valence-electron chi connectivity index (χ3n) is 2.65. The molecule has 2 aromatic rings. The summed E-state index contributed by atoms with van der Waals surface area (Å²) in [6, 6.07) is 8.13. The summed E-state index contributed by atoms with van der Waals surface area (Å²) in [5.74, 6) is -0.309. The predicted octanol–water partition coefficient (Wildman–Crippen LogP) is 1.47. The van der Waals surface area contributed by atoms with Crippen LogP contribution in [-0.2, 0) is 11.8 Å². The quantitative estimate of drug-likeness (QED) is 0.680. The van der Waals surface area contributed by atoms with Crippen LogP contribution in [0.5, 0.6) is 5.75 Å². The zero-order chi connectivity index (χ0) is 15.4. The van der Waals surface area contributed by atoms with Crippen molar-refractivity contribution in [1.29, 1.82) is 5.26 Å². The van der Waals surface area contributed by atoms with Gasteiger partial charge in [0, 0.05) is 19.5 Å². The number of nitrogens with one attached hydrogen (secondary N) is 1. The SMILES string of the molecule is CC(=O)Oc1cccc(C(=O)Nc2c(C#N)cnn2C)c1. The highest BCUT2D eigenvalue weighted by atomic mass is 16.5. The first-order chi connectivity index (χ1) is 10.0. The highest BCUT2D eigenvalue weighted by Crippen LogP contribution is 2.17. The molecule has 0 fully saturated rings. The summed E-state index contributed by atoms with van der Waals surface area (Å²) < 4.78 is 6.32. The number of hydrogen-bond acceptors (Lipinski definition) is 5. The van der Waals surface area contributed by atoms with Crippen LogP contribution >= 0.6 is 0 Å². The van der Waals surface area contributed by atoms with Gasteiger partial charge in [-0.15, -0.1) is 0 Å². The molecule has 0 saturated carbocycles. The summed E-state index contributed by atoms with van der Waals surface area (Å²) in [5.41, 5.74) is 0.570. The molecule has 1 N–H and O–H groups in total. The lowest BCUT2D eigenvalue weighted by Crippen LogP contribution is -2.15. The van der Waals surface area contributed by atoms with Gasteiger partial charge in [0.15, 0.2) is 0 Å². The van der Waals surface area contributed by atoms with E-state index in [1.807, 2.05) is 6.07 Å². The molecule has 0 aliphatic heterocycles. The fraction of sp³-hybridized carbons (Fsp3) is 0.143. The average Bonchev–Trinajstić information content (AvgIpc) is 2.79. The standard InChI is InChI=1S/C14H12N4O3/c1-9(19)21-12-5-3-4-10(6-12)14(20)17-13-11(7-15)8-16-18(13)2/h3-6,8H,1-2H3,(H,17,20). The van der Waals surface area contributed by atoms with Crippen LogP contribution in [0.2, 0.25) is 0 Å². The minimum atomic E-state index is -0.467. The smallest absolute Gasteiger partial charge is 0.308 e. The molecule has 1 amide bonds. The Morgan fingerprint density at radius 2 is 2.19 bits per heavy atom. The van der Waals surface area contributed by atoms with E-state index in [-0.39, 0.29) is 11.3 Å². The van der Waals surface area contributed by atoms with Crippen molar-refractivity contribution in [3.05, 3.63) is 41.6 Å². The lowest BCUT2D eigenvalue weighted by atomic mass is 10.2. The van der Waals surface area contributed by atoms with E-state index < -0.39 is 11.9 Å². The Kier molecular flexibility index (Phi) is 4.00. The molecule has 2 rings (SSSR count). The van der Waals surface area contributed by atoms with Crippen LogP contribution in [-0.4, -0.2) is 21.7 Å². The van der Waals surface area contributed by atoms with Crippen LogP contribution in [0.4, 0.5) is 5.82 Å². The average molecular weight is 284 g/mol. The molecule has 1 aromatic carbocycles. The molecule has 0 unspecified atom stereocenters.